The molecule has 0 saturated carbocycles. The molecule has 3 rings (SSSR count). The number of carbonyl (C=O) groups is 2. The van der Waals surface area contributed by atoms with Gasteiger partial charge in [0, 0.05) is 12.4 Å². The SMILES string of the molecule is COc1cc(C=NNC(=O)c2cccnc2)ccc1OCC(=O)Nc1ccccc1Cl. The molecule has 0 bridgehead atoms. The van der Waals surface area contributed by atoms with Crippen LogP contribution < -0.4 is 20.2 Å². The lowest BCUT2D eigenvalue weighted by atomic mass is 10.2. The standard InChI is InChI=1S/C22H19ClN4O4/c1-30-20-11-15(12-25-27-22(29)16-5-4-10-24-13-16)8-9-19(20)31-14-21(28)26-18-7-3-2-6-17(18)23/h2-13H,14H2,1H3,(H,26,28)(H,27,29). The summed E-state index contributed by atoms with van der Waals surface area (Å²) in [7, 11) is 1.48. The van der Waals surface area contributed by atoms with Gasteiger partial charge in [-0.05, 0) is 48.0 Å². The lowest BCUT2D eigenvalue weighted by Crippen LogP contribution is -2.20. The summed E-state index contributed by atoms with van der Waals surface area (Å²) in [5.74, 6) is 0.0566. The molecule has 158 valence electrons. The lowest BCUT2D eigenvalue weighted by molar-refractivity contribution is -0.118. The Hall–Kier alpha value is -3.91. The van der Waals surface area contributed by atoms with Crippen molar-refractivity contribution in [2.45, 2.75) is 0 Å². The average molecular weight is 439 g/mol. The molecule has 1 heterocycles. The van der Waals surface area contributed by atoms with Gasteiger partial charge in [-0.3, -0.25) is 14.6 Å². The van der Waals surface area contributed by atoms with Crippen LogP contribution in [-0.2, 0) is 4.79 Å². The zero-order valence-corrected chi connectivity index (χ0v) is 17.3. The second kappa shape index (κ2) is 10.7. The Morgan fingerprint density at radius 1 is 1.13 bits per heavy atom. The monoisotopic (exact) mass is 438 g/mol. The quantitative estimate of drug-likeness (QED) is 0.414. The van der Waals surface area contributed by atoms with Crippen molar-refractivity contribution >= 4 is 35.3 Å². The first kappa shape index (κ1) is 21.8. The number of rotatable bonds is 8. The Morgan fingerprint density at radius 3 is 2.71 bits per heavy atom. The Balaban J connectivity index is 1.57. The van der Waals surface area contributed by atoms with E-state index in [0.29, 0.717) is 33.3 Å². The van der Waals surface area contributed by atoms with Crippen LogP contribution in [0.1, 0.15) is 15.9 Å². The van der Waals surface area contributed by atoms with Gasteiger partial charge < -0.3 is 14.8 Å². The first-order chi connectivity index (χ1) is 15.1. The molecule has 0 atom stereocenters. The van der Waals surface area contributed by atoms with Gasteiger partial charge in [0.05, 0.1) is 29.6 Å². The smallest absolute Gasteiger partial charge is 0.272 e. The molecule has 3 aromatic rings. The minimum atomic E-state index is -0.374. The van der Waals surface area contributed by atoms with Crippen LogP contribution in [0.5, 0.6) is 11.5 Å². The van der Waals surface area contributed by atoms with Gasteiger partial charge in [0.25, 0.3) is 11.8 Å². The van der Waals surface area contributed by atoms with Crippen molar-refractivity contribution < 1.29 is 19.1 Å². The number of amides is 2. The molecule has 0 aliphatic carbocycles. The molecular weight excluding hydrogens is 420 g/mol. The van der Waals surface area contributed by atoms with E-state index < -0.39 is 0 Å². The number of hydrazone groups is 1. The maximum atomic E-state index is 12.1. The van der Waals surface area contributed by atoms with E-state index in [1.54, 1.807) is 60.8 Å². The zero-order chi connectivity index (χ0) is 22.1. The Morgan fingerprint density at radius 2 is 1.97 bits per heavy atom. The van der Waals surface area contributed by atoms with Crippen LogP contribution >= 0.6 is 11.6 Å². The number of anilines is 1. The highest BCUT2D eigenvalue weighted by molar-refractivity contribution is 6.33. The average Bonchev–Trinajstić information content (AvgIpc) is 2.80. The van der Waals surface area contributed by atoms with E-state index in [-0.39, 0.29) is 18.4 Å². The molecule has 0 aliphatic heterocycles. The number of para-hydroxylation sites is 1. The van der Waals surface area contributed by atoms with Crippen molar-refractivity contribution in [2.24, 2.45) is 5.10 Å². The highest BCUT2D eigenvalue weighted by Crippen LogP contribution is 2.27. The normalized spacial score (nSPS) is 10.5. The summed E-state index contributed by atoms with van der Waals surface area (Å²) in [6.45, 7) is -0.226. The van der Waals surface area contributed by atoms with Crippen molar-refractivity contribution in [1.29, 1.82) is 0 Å². The lowest BCUT2D eigenvalue weighted by Gasteiger charge is -2.12. The van der Waals surface area contributed by atoms with E-state index in [0.717, 1.165) is 0 Å². The highest BCUT2D eigenvalue weighted by Gasteiger charge is 2.10. The van der Waals surface area contributed by atoms with Gasteiger partial charge in [0.15, 0.2) is 18.1 Å². The molecule has 2 aromatic carbocycles. The highest BCUT2D eigenvalue weighted by atomic mass is 35.5. The number of pyridine rings is 1. The first-order valence-corrected chi connectivity index (χ1v) is 9.53. The third-order valence-electron chi connectivity index (χ3n) is 4.00. The third kappa shape index (κ3) is 6.28. The van der Waals surface area contributed by atoms with Gasteiger partial charge in [-0.25, -0.2) is 5.43 Å². The number of nitrogens with one attached hydrogen (secondary N) is 2. The van der Waals surface area contributed by atoms with E-state index in [1.807, 2.05) is 0 Å². The topological polar surface area (TPSA) is 102 Å². The number of ether oxygens (including phenoxy) is 2. The van der Waals surface area contributed by atoms with Gasteiger partial charge in [0.1, 0.15) is 0 Å². The third-order valence-corrected chi connectivity index (χ3v) is 4.33. The minimum absolute atomic E-state index is 0.226. The van der Waals surface area contributed by atoms with Crippen LogP contribution in [0.3, 0.4) is 0 Å². The Bertz CT molecular complexity index is 1090. The van der Waals surface area contributed by atoms with E-state index >= 15 is 0 Å². The van der Waals surface area contributed by atoms with Crippen LogP contribution in [0, 0.1) is 0 Å². The van der Waals surface area contributed by atoms with Crippen molar-refractivity contribution in [3.63, 3.8) is 0 Å². The molecular formula is C22H19ClN4O4. The number of hydrogen-bond donors (Lipinski definition) is 2. The summed E-state index contributed by atoms with van der Waals surface area (Å²) in [6.07, 6.45) is 4.49. The van der Waals surface area contributed by atoms with Crippen molar-refractivity contribution in [3.05, 3.63) is 83.1 Å². The van der Waals surface area contributed by atoms with Crippen LogP contribution in [0.4, 0.5) is 5.69 Å². The van der Waals surface area contributed by atoms with Gasteiger partial charge in [-0.2, -0.15) is 5.10 Å². The molecule has 0 aliphatic rings. The minimum Gasteiger partial charge on any atom is -0.493 e. The van der Waals surface area contributed by atoms with Crippen molar-refractivity contribution in [3.8, 4) is 11.5 Å². The molecule has 0 fully saturated rings. The van der Waals surface area contributed by atoms with Gasteiger partial charge in [-0.1, -0.05) is 23.7 Å². The number of aromatic nitrogens is 1. The molecule has 2 amide bonds. The fourth-order valence-corrected chi connectivity index (χ4v) is 2.69. The molecule has 9 heteroatoms. The fraction of sp³-hybridized carbons (Fsp3) is 0.0909. The maximum Gasteiger partial charge on any atom is 0.272 e. The molecule has 2 N–H and O–H groups in total. The van der Waals surface area contributed by atoms with Gasteiger partial charge >= 0.3 is 0 Å². The van der Waals surface area contributed by atoms with E-state index in [1.165, 1.54) is 19.5 Å². The van der Waals surface area contributed by atoms with Gasteiger partial charge in [-0.15, -0.1) is 0 Å². The summed E-state index contributed by atoms with van der Waals surface area (Å²) in [5, 5.41) is 7.04. The van der Waals surface area contributed by atoms with Gasteiger partial charge in [0.2, 0.25) is 0 Å². The van der Waals surface area contributed by atoms with E-state index in [4.69, 9.17) is 21.1 Å². The summed E-state index contributed by atoms with van der Waals surface area (Å²) >= 11 is 6.03. The molecule has 1 aromatic heterocycles. The summed E-state index contributed by atoms with van der Waals surface area (Å²) in [4.78, 5) is 28.0. The van der Waals surface area contributed by atoms with Crippen molar-refractivity contribution in [2.75, 3.05) is 19.0 Å². The Labute approximate surface area is 183 Å². The maximum absolute atomic E-state index is 12.1. The first-order valence-electron chi connectivity index (χ1n) is 9.15. The number of benzene rings is 2. The number of hydrogen-bond acceptors (Lipinski definition) is 6. The number of nitrogens with zero attached hydrogens (tertiary/aromatic N) is 2. The number of halogens is 1. The largest absolute Gasteiger partial charge is 0.493 e. The molecule has 31 heavy (non-hydrogen) atoms. The summed E-state index contributed by atoms with van der Waals surface area (Å²) < 4.78 is 10.9. The van der Waals surface area contributed by atoms with Crippen molar-refractivity contribution in [1.82, 2.24) is 10.4 Å². The molecule has 8 nitrogen and oxygen atoms in total. The predicted octanol–water partition coefficient (Wildman–Crippen LogP) is 3.53. The van der Waals surface area contributed by atoms with E-state index in [2.05, 4.69) is 20.8 Å². The fourth-order valence-electron chi connectivity index (χ4n) is 2.50. The summed E-state index contributed by atoms with van der Waals surface area (Å²) in [5.41, 5.74) is 3.99. The predicted molar refractivity (Wildman–Crippen MR) is 118 cm³/mol. The number of carbonyl (C=O) groups excluding carboxylic acids is 2. The molecule has 0 unspecified atom stereocenters. The molecule has 0 saturated heterocycles. The Kier molecular flexibility index (Phi) is 7.56. The summed E-state index contributed by atoms with van der Waals surface area (Å²) in [6, 6.07) is 15.2. The van der Waals surface area contributed by atoms with Crippen LogP contribution in [0.15, 0.2) is 72.1 Å². The second-order valence-electron chi connectivity index (χ2n) is 6.17. The molecule has 0 radical (unpaired) electrons. The van der Waals surface area contributed by atoms with E-state index in [9.17, 15) is 9.59 Å². The zero-order valence-electron chi connectivity index (χ0n) is 16.5. The van der Waals surface area contributed by atoms with Crippen LogP contribution in [-0.4, -0.2) is 36.7 Å². The second-order valence-corrected chi connectivity index (χ2v) is 6.58. The van der Waals surface area contributed by atoms with Crippen LogP contribution in [0.2, 0.25) is 5.02 Å². The molecule has 0 spiro atoms. The van der Waals surface area contributed by atoms with Crippen LogP contribution in [0.25, 0.3) is 0 Å². The number of methoxy groups -OCH3 is 1.